The minimum Gasteiger partial charge on any atom is -0.444 e. The first-order chi connectivity index (χ1) is 11.0. The van der Waals surface area contributed by atoms with Crippen LogP contribution in [0, 0.1) is 5.92 Å². The fourth-order valence-electron chi connectivity index (χ4n) is 3.88. The summed E-state index contributed by atoms with van der Waals surface area (Å²) in [5.41, 5.74) is -0.153. The number of hydrogen-bond acceptors (Lipinski definition) is 5. The minimum absolute atomic E-state index is 0.0692. The van der Waals surface area contributed by atoms with Gasteiger partial charge in [0.1, 0.15) is 17.7 Å². The van der Waals surface area contributed by atoms with Crippen molar-refractivity contribution in [3.63, 3.8) is 0 Å². The summed E-state index contributed by atoms with van der Waals surface area (Å²) in [4.78, 5) is 14.6. The molecule has 0 unspecified atom stereocenters. The Morgan fingerprint density at radius 3 is 2.29 bits per heavy atom. The van der Waals surface area contributed by atoms with E-state index in [1.165, 1.54) is 5.57 Å². The third-order valence-electron chi connectivity index (χ3n) is 4.94. The molecule has 2 aliphatic heterocycles. The second-order valence-electron chi connectivity index (χ2n) is 8.04. The van der Waals surface area contributed by atoms with Gasteiger partial charge in [0.2, 0.25) is 5.79 Å². The molecule has 0 spiro atoms. The highest BCUT2D eigenvalue weighted by Crippen LogP contribution is 2.50. The highest BCUT2D eigenvalue weighted by Gasteiger charge is 2.70. The van der Waals surface area contributed by atoms with Crippen molar-refractivity contribution in [3.05, 3.63) is 11.6 Å². The second-order valence-corrected chi connectivity index (χ2v) is 8.04. The molecule has 0 aliphatic carbocycles. The zero-order valence-electron chi connectivity index (χ0n) is 16.1. The predicted molar refractivity (Wildman–Crippen MR) is 90.8 cm³/mol. The number of fused-ring (bicyclic) bond motifs is 1. The Hall–Kier alpha value is -1.11. The number of methoxy groups -OCH3 is 2. The van der Waals surface area contributed by atoms with E-state index in [1.807, 2.05) is 41.5 Å². The molecule has 0 aromatic carbocycles. The monoisotopic (exact) mass is 341 g/mol. The van der Waals surface area contributed by atoms with Gasteiger partial charge in [-0.15, -0.1) is 0 Å². The van der Waals surface area contributed by atoms with Gasteiger partial charge >= 0.3 is 6.09 Å². The van der Waals surface area contributed by atoms with E-state index in [-0.39, 0.29) is 24.7 Å². The van der Waals surface area contributed by atoms with Crippen LogP contribution in [0.2, 0.25) is 0 Å². The molecule has 2 rings (SSSR count). The molecule has 1 amide bonds. The number of ether oxygens (including phenoxy) is 4. The first kappa shape index (κ1) is 19.2. The molecule has 2 heterocycles. The molecule has 3 atom stereocenters. The molecule has 0 radical (unpaired) electrons. The van der Waals surface area contributed by atoms with Crippen molar-refractivity contribution >= 4 is 6.09 Å². The molecule has 2 aliphatic rings. The Morgan fingerprint density at radius 1 is 1.25 bits per heavy atom. The zero-order valence-corrected chi connectivity index (χ0v) is 16.1. The van der Waals surface area contributed by atoms with Gasteiger partial charge in [-0.1, -0.05) is 11.6 Å². The topological polar surface area (TPSA) is 57.2 Å². The van der Waals surface area contributed by atoms with Gasteiger partial charge in [0.15, 0.2) is 0 Å². The Balaban J connectivity index is 2.45. The molecule has 6 nitrogen and oxygen atoms in total. The molecule has 0 bridgehead atoms. The summed E-state index contributed by atoms with van der Waals surface area (Å²) < 4.78 is 23.1. The third-order valence-corrected chi connectivity index (χ3v) is 4.94. The van der Waals surface area contributed by atoms with Crippen LogP contribution in [0.4, 0.5) is 4.79 Å². The lowest BCUT2D eigenvalue weighted by molar-refractivity contribution is -0.249. The van der Waals surface area contributed by atoms with Crippen molar-refractivity contribution in [2.75, 3.05) is 27.4 Å². The van der Waals surface area contributed by atoms with Crippen molar-refractivity contribution < 1.29 is 23.7 Å². The van der Waals surface area contributed by atoms with Crippen LogP contribution in [-0.2, 0) is 18.9 Å². The quantitative estimate of drug-likeness (QED) is 0.583. The van der Waals surface area contributed by atoms with Gasteiger partial charge in [-0.3, -0.25) is 4.90 Å². The zero-order chi connectivity index (χ0) is 18.3. The fourth-order valence-corrected chi connectivity index (χ4v) is 3.88. The van der Waals surface area contributed by atoms with E-state index in [0.29, 0.717) is 6.54 Å². The van der Waals surface area contributed by atoms with Crippen LogP contribution in [0.3, 0.4) is 0 Å². The van der Waals surface area contributed by atoms with Crippen molar-refractivity contribution in [2.24, 2.45) is 5.92 Å². The van der Waals surface area contributed by atoms with Crippen molar-refractivity contribution in [3.8, 4) is 0 Å². The molecule has 0 saturated carbocycles. The summed E-state index contributed by atoms with van der Waals surface area (Å²) in [6.07, 6.45) is 1.57. The predicted octanol–water partition coefficient (Wildman–Crippen LogP) is 2.97. The maximum atomic E-state index is 12.9. The molecular formula is C18H31NO5. The lowest BCUT2D eigenvalue weighted by Crippen LogP contribution is -2.64. The van der Waals surface area contributed by atoms with E-state index >= 15 is 0 Å². The smallest absolute Gasteiger partial charge is 0.411 e. The Morgan fingerprint density at radius 2 is 1.83 bits per heavy atom. The summed E-state index contributed by atoms with van der Waals surface area (Å²) >= 11 is 0. The Labute approximate surface area is 145 Å². The largest absolute Gasteiger partial charge is 0.444 e. The molecular weight excluding hydrogens is 310 g/mol. The van der Waals surface area contributed by atoms with Crippen LogP contribution >= 0.6 is 0 Å². The minimum atomic E-state index is -1.02. The molecule has 0 aromatic rings. The van der Waals surface area contributed by atoms with E-state index in [2.05, 4.69) is 6.08 Å². The van der Waals surface area contributed by atoms with E-state index in [4.69, 9.17) is 18.9 Å². The number of allylic oxidation sites excluding steroid dienone is 1. The highest BCUT2D eigenvalue weighted by atomic mass is 16.7. The second kappa shape index (κ2) is 6.32. The SMILES string of the molecule is COC1(OC)CO[C@@H]2[C@H](C=C(C)C)CN(C(=O)OC(C)(C)C)[C@@]21C. The summed E-state index contributed by atoms with van der Waals surface area (Å²) in [6.45, 7) is 12.4. The van der Waals surface area contributed by atoms with Crippen LogP contribution in [0.5, 0.6) is 0 Å². The Bertz CT molecular complexity index is 516. The van der Waals surface area contributed by atoms with Crippen LogP contribution in [0.1, 0.15) is 41.5 Å². The maximum absolute atomic E-state index is 12.9. The summed E-state index contributed by atoms with van der Waals surface area (Å²) in [5, 5.41) is 0. The number of rotatable bonds is 3. The highest BCUT2D eigenvalue weighted by molar-refractivity contribution is 5.70. The lowest BCUT2D eigenvalue weighted by atomic mass is 9.85. The normalized spacial score (nSPS) is 31.8. The van der Waals surface area contributed by atoms with Crippen molar-refractivity contribution in [1.29, 1.82) is 0 Å². The number of likely N-dealkylation sites (tertiary alicyclic amines) is 1. The number of nitrogens with zero attached hydrogens (tertiary/aromatic N) is 1. The van der Waals surface area contributed by atoms with Gasteiger partial charge in [0.05, 0.1) is 6.10 Å². The van der Waals surface area contributed by atoms with Gasteiger partial charge in [-0.05, 0) is 41.5 Å². The fraction of sp³-hybridized carbons (Fsp3) is 0.833. The van der Waals surface area contributed by atoms with Crippen LogP contribution in [0.25, 0.3) is 0 Å². The van der Waals surface area contributed by atoms with E-state index in [0.717, 1.165) is 0 Å². The molecule has 138 valence electrons. The number of carbonyl (C=O) groups excluding carboxylic acids is 1. The third kappa shape index (κ3) is 2.95. The van der Waals surface area contributed by atoms with Gasteiger partial charge in [0, 0.05) is 26.7 Å². The maximum Gasteiger partial charge on any atom is 0.411 e. The molecule has 2 saturated heterocycles. The van der Waals surface area contributed by atoms with E-state index in [1.54, 1.807) is 19.1 Å². The molecule has 0 aromatic heterocycles. The summed E-state index contributed by atoms with van der Waals surface area (Å²) in [6, 6.07) is 0. The summed E-state index contributed by atoms with van der Waals surface area (Å²) in [7, 11) is 3.17. The Kier molecular flexibility index (Phi) is 5.06. The van der Waals surface area contributed by atoms with Crippen LogP contribution < -0.4 is 0 Å². The summed E-state index contributed by atoms with van der Waals surface area (Å²) in [5.74, 6) is -0.946. The average molecular weight is 341 g/mol. The van der Waals surface area contributed by atoms with Crippen LogP contribution in [-0.4, -0.2) is 61.4 Å². The molecule has 24 heavy (non-hydrogen) atoms. The van der Waals surface area contributed by atoms with Crippen LogP contribution in [0.15, 0.2) is 11.6 Å². The first-order valence-corrected chi connectivity index (χ1v) is 8.38. The van der Waals surface area contributed by atoms with Gasteiger partial charge in [0.25, 0.3) is 0 Å². The average Bonchev–Trinajstić information content (AvgIpc) is 2.89. The molecule has 6 heteroatoms. The molecule has 2 fully saturated rings. The first-order valence-electron chi connectivity index (χ1n) is 8.38. The lowest BCUT2D eigenvalue weighted by Gasteiger charge is -2.44. The van der Waals surface area contributed by atoms with Gasteiger partial charge in [-0.2, -0.15) is 0 Å². The van der Waals surface area contributed by atoms with E-state index in [9.17, 15) is 4.79 Å². The van der Waals surface area contributed by atoms with Crippen molar-refractivity contribution in [1.82, 2.24) is 4.90 Å². The number of amides is 1. The number of carbonyl (C=O) groups is 1. The molecule has 0 N–H and O–H groups in total. The van der Waals surface area contributed by atoms with Crippen molar-refractivity contribution in [2.45, 2.75) is 64.6 Å². The van der Waals surface area contributed by atoms with Gasteiger partial charge < -0.3 is 18.9 Å². The standard InChI is InChI=1S/C18H31NO5/c1-12(2)9-13-10-19(15(20)24-16(3,4)5)17(6)14(13)23-11-18(17,21-7)22-8/h9,13-14H,10-11H2,1-8H3/t13-,14-,17+/m1/s1. The van der Waals surface area contributed by atoms with E-state index < -0.39 is 16.9 Å². The van der Waals surface area contributed by atoms with Gasteiger partial charge in [-0.25, -0.2) is 4.79 Å². The number of hydrogen-bond donors (Lipinski definition) is 0.